The molecule has 124 valence electrons. The Bertz CT molecular complexity index is 819. The minimum absolute atomic E-state index is 0.0411. The lowest BCUT2D eigenvalue weighted by atomic mass is 10.0. The number of fused-ring (bicyclic) bond motifs is 1. The lowest BCUT2D eigenvalue weighted by molar-refractivity contribution is 0.0465. The Labute approximate surface area is 144 Å². The number of ether oxygens (including phenoxy) is 3. The van der Waals surface area contributed by atoms with E-state index < -0.39 is 5.97 Å². The van der Waals surface area contributed by atoms with Crippen LogP contribution in [0.15, 0.2) is 18.2 Å². The van der Waals surface area contributed by atoms with Gasteiger partial charge in [0.2, 0.25) is 0 Å². The monoisotopic (exact) mass is 343 g/mol. The highest BCUT2D eigenvalue weighted by atomic mass is 32.1. The molecule has 0 N–H and O–H groups in total. The molecular weight excluding hydrogens is 326 g/mol. The van der Waals surface area contributed by atoms with Crippen LogP contribution in [0.3, 0.4) is 0 Å². The molecule has 0 unspecified atom stereocenters. The fourth-order valence-electron chi connectivity index (χ4n) is 2.98. The molecule has 0 radical (unpaired) electrons. The van der Waals surface area contributed by atoms with Gasteiger partial charge in [-0.25, -0.2) is 4.79 Å². The van der Waals surface area contributed by atoms with Crippen molar-refractivity contribution < 1.29 is 19.0 Å². The first-order valence-corrected chi connectivity index (χ1v) is 8.40. The van der Waals surface area contributed by atoms with Crippen LogP contribution in [0.1, 0.15) is 32.8 Å². The van der Waals surface area contributed by atoms with Crippen LogP contribution in [0.4, 0.5) is 0 Å². The highest BCUT2D eigenvalue weighted by molar-refractivity contribution is 7.16. The van der Waals surface area contributed by atoms with E-state index in [9.17, 15) is 10.1 Å². The summed E-state index contributed by atoms with van der Waals surface area (Å²) in [6.45, 7) is 0.0411. The van der Waals surface area contributed by atoms with Crippen molar-refractivity contribution in [2.24, 2.45) is 0 Å². The van der Waals surface area contributed by atoms with Gasteiger partial charge in [-0.15, -0.1) is 11.3 Å². The van der Waals surface area contributed by atoms with Gasteiger partial charge in [0, 0.05) is 12.0 Å². The Kier molecular flexibility index (Phi) is 4.84. The zero-order valence-corrected chi connectivity index (χ0v) is 14.4. The van der Waals surface area contributed by atoms with Crippen molar-refractivity contribution in [3.63, 3.8) is 0 Å². The molecule has 0 saturated heterocycles. The fraction of sp³-hybridized carbons (Fsp3) is 0.333. The van der Waals surface area contributed by atoms with Gasteiger partial charge in [0.05, 0.1) is 7.11 Å². The SMILES string of the molecule is COCOc1cc(-c2sc(C#N)c3c2CCC3)ccc1C(=O)OC. The van der Waals surface area contributed by atoms with Crippen LogP contribution in [0.25, 0.3) is 10.4 Å². The molecule has 0 fully saturated rings. The van der Waals surface area contributed by atoms with Gasteiger partial charge in [-0.05, 0) is 48.1 Å². The number of nitrogens with zero attached hydrogens (tertiary/aromatic N) is 1. The maximum atomic E-state index is 11.9. The molecule has 1 aliphatic carbocycles. The molecule has 0 bridgehead atoms. The number of esters is 1. The van der Waals surface area contributed by atoms with E-state index in [2.05, 4.69) is 6.07 Å². The summed E-state index contributed by atoms with van der Waals surface area (Å²) in [5, 5.41) is 9.34. The van der Waals surface area contributed by atoms with Gasteiger partial charge in [-0.2, -0.15) is 5.26 Å². The van der Waals surface area contributed by atoms with Crippen LogP contribution in [-0.4, -0.2) is 27.0 Å². The largest absolute Gasteiger partial charge is 0.467 e. The van der Waals surface area contributed by atoms with Gasteiger partial charge in [0.1, 0.15) is 22.3 Å². The van der Waals surface area contributed by atoms with Gasteiger partial charge in [0.25, 0.3) is 0 Å². The van der Waals surface area contributed by atoms with Crippen LogP contribution in [0.5, 0.6) is 5.75 Å². The Balaban J connectivity index is 2.06. The molecule has 1 aliphatic rings. The third-order valence-electron chi connectivity index (χ3n) is 4.05. The quantitative estimate of drug-likeness (QED) is 0.613. The number of carbonyl (C=O) groups is 1. The maximum Gasteiger partial charge on any atom is 0.341 e. The second kappa shape index (κ2) is 7.04. The first-order chi connectivity index (χ1) is 11.7. The highest BCUT2D eigenvalue weighted by Gasteiger charge is 2.24. The molecule has 0 spiro atoms. The molecule has 6 heteroatoms. The second-order valence-electron chi connectivity index (χ2n) is 5.44. The second-order valence-corrected chi connectivity index (χ2v) is 6.46. The number of hydrogen-bond acceptors (Lipinski definition) is 6. The molecular formula is C18H17NO4S. The third kappa shape index (κ3) is 2.88. The van der Waals surface area contributed by atoms with Crippen molar-refractivity contribution in [2.75, 3.05) is 21.0 Å². The van der Waals surface area contributed by atoms with Crippen molar-refractivity contribution in [1.29, 1.82) is 5.26 Å². The number of nitriles is 1. The van der Waals surface area contributed by atoms with Crippen LogP contribution < -0.4 is 4.74 Å². The Hall–Kier alpha value is -2.36. The summed E-state index contributed by atoms with van der Waals surface area (Å²) < 4.78 is 15.3. The number of hydrogen-bond donors (Lipinski definition) is 0. The molecule has 3 rings (SSSR count). The molecule has 1 heterocycles. The van der Waals surface area contributed by atoms with E-state index in [-0.39, 0.29) is 6.79 Å². The lowest BCUT2D eigenvalue weighted by Gasteiger charge is -2.11. The predicted octanol–water partition coefficient (Wildman–Crippen LogP) is 3.54. The van der Waals surface area contributed by atoms with E-state index in [1.165, 1.54) is 36.7 Å². The Morgan fingerprint density at radius 2 is 2.08 bits per heavy atom. The van der Waals surface area contributed by atoms with Gasteiger partial charge in [-0.3, -0.25) is 0 Å². The molecule has 0 atom stereocenters. The van der Waals surface area contributed by atoms with Crippen molar-refractivity contribution in [1.82, 2.24) is 0 Å². The number of thiophene rings is 1. The first-order valence-electron chi connectivity index (χ1n) is 7.58. The first kappa shape index (κ1) is 16.5. The summed E-state index contributed by atoms with van der Waals surface area (Å²) in [5.41, 5.74) is 3.72. The minimum Gasteiger partial charge on any atom is -0.467 e. The lowest BCUT2D eigenvalue weighted by Crippen LogP contribution is -2.07. The summed E-state index contributed by atoms with van der Waals surface area (Å²) in [5.74, 6) is -0.0402. The summed E-state index contributed by atoms with van der Waals surface area (Å²) in [7, 11) is 2.86. The van der Waals surface area contributed by atoms with Crippen LogP contribution in [-0.2, 0) is 22.3 Å². The molecule has 0 saturated carbocycles. The van der Waals surface area contributed by atoms with Crippen molar-refractivity contribution in [3.8, 4) is 22.3 Å². The maximum absolute atomic E-state index is 11.9. The van der Waals surface area contributed by atoms with Crippen LogP contribution in [0.2, 0.25) is 0 Å². The molecule has 0 aliphatic heterocycles. The van der Waals surface area contributed by atoms with E-state index in [4.69, 9.17) is 14.2 Å². The smallest absolute Gasteiger partial charge is 0.341 e. The van der Waals surface area contributed by atoms with E-state index in [1.54, 1.807) is 6.07 Å². The topological polar surface area (TPSA) is 68.5 Å². The Morgan fingerprint density at radius 1 is 1.29 bits per heavy atom. The molecule has 24 heavy (non-hydrogen) atoms. The zero-order chi connectivity index (χ0) is 17.1. The number of benzene rings is 1. The highest BCUT2D eigenvalue weighted by Crippen LogP contribution is 2.42. The normalized spacial score (nSPS) is 12.5. The van der Waals surface area contributed by atoms with E-state index in [1.807, 2.05) is 12.1 Å². The number of rotatable bonds is 5. The van der Waals surface area contributed by atoms with Crippen molar-refractivity contribution in [3.05, 3.63) is 39.8 Å². The predicted molar refractivity (Wildman–Crippen MR) is 90.3 cm³/mol. The average Bonchev–Trinajstić information content (AvgIpc) is 3.21. The van der Waals surface area contributed by atoms with Gasteiger partial charge in [-0.1, -0.05) is 6.07 Å². The average molecular weight is 343 g/mol. The van der Waals surface area contributed by atoms with Gasteiger partial charge < -0.3 is 14.2 Å². The minimum atomic E-state index is -0.457. The number of methoxy groups -OCH3 is 2. The number of carbonyl (C=O) groups excluding carboxylic acids is 1. The van der Waals surface area contributed by atoms with Crippen LogP contribution >= 0.6 is 11.3 Å². The fourth-order valence-corrected chi connectivity index (χ4v) is 4.17. The summed E-state index contributed by atoms with van der Waals surface area (Å²) in [4.78, 5) is 13.8. The summed E-state index contributed by atoms with van der Waals surface area (Å²) >= 11 is 1.50. The van der Waals surface area contributed by atoms with Crippen LogP contribution in [0, 0.1) is 11.3 Å². The van der Waals surface area contributed by atoms with Gasteiger partial charge >= 0.3 is 5.97 Å². The van der Waals surface area contributed by atoms with E-state index >= 15 is 0 Å². The molecule has 1 aromatic heterocycles. The standard InChI is InChI=1S/C18H17NO4S/c1-21-10-23-15-8-11(6-7-14(15)18(20)22-2)17-13-5-3-4-12(13)16(9-19)24-17/h6-8H,3-5,10H2,1-2H3. The third-order valence-corrected chi connectivity index (χ3v) is 5.28. The summed E-state index contributed by atoms with van der Waals surface area (Å²) in [6, 6.07) is 7.68. The molecule has 5 nitrogen and oxygen atoms in total. The van der Waals surface area contributed by atoms with E-state index in [0.717, 1.165) is 34.6 Å². The molecule has 2 aromatic rings. The Morgan fingerprint density at radius 3 is 2.79 bits per heavy atom. The van der Waals surface area contributed by atoms with Gasteiger partial charge in [0.15, 0.2) is 6.79 Å². The van der Waals surface area contributed by atoms with E-state index in [0.29, 0.717) is 11.3 Å². The van der Waals surface area contributed by atoms with Crippen molar-refractivity contribution >= 4 is 17.3 Å². The zero-order valence-electron chi connectivity index (χ0n) is 13.5. The molecule has 1 aromatic carbocycles. The summed E-state index contributed by atoms with van der Waals surface area (Å²) in [6.07, 6.45) is 3.02. The van der Waals surface area contributed by atoms with Crippen molar-refractivity contribution in [2.45, 2.75) is 19.3 Å². The molecule has 0 amide bonds.